The normalized spacial score (nSPS) is 13.4. The lowest BCUT2D eigenvalue weighted by Gasteiger charge is -2.12. The van der Waals surface area contributed by atoms with Gasteiger partial charge in [-0.3, -0.25) is 0 Å². The van der Waals surface area contributed by atoms with Gasteiger partial charge in [-0.05, 0) is 19.1 Å². The second-order valence-corrected chi connectivity index (χ2v) is 5.04. The lowest BCUT2D eigenvalue weighted by Crippen LogP contribution is -2.14. The van der Waals surface area contributed by atoms with Crippen molar-refractivity contribution in [3.05, 3.63) is 29.6 Å². The monoisotopic (exact) mass is 301 g/mol. The Morgan fingerprint density at radius 1 is 1.45 bits per heavy atom. The van der Waals surface area contributed by atoms with Crippen LogP contribution in [0.3, 0.4) is 0 Å². The number of nitrogens with zero attached hydrogens (tertiary/aromatic N) is 3. The molecule has 1 atom stereocenters. The molecule has 0 spiro atoms. The van der Waals surface area contributed by atoms with Gasteiger partial charge >= 0.3 is 6.18 Å². The predicted octanol–water partition coefficient (Wildman–Crippen LogP) is 4.16. The summed E-state index contributed by atoms with van der Waals surface area (Å²) in [5, 5.41) is 8.48. The molecule has 0 bridgehead atoms. The maximum Gasteiger partial charge on any atom is 0.390 e. The Labute approximate surface area is 118 Å². The van der Waals surface area contributed by atoms with Crippen LogP contribution in [0.15, 0.2) is 18.2 Å². The zero-order chi connectivity index (χ0) is 14.9. The standard InChI is InChI=1S/C13H11ClF3N3/c1-8(14)12-19-11-9(7-18)3-2-4-10(11)20(12)6-5-13(15,16)17/h2-4,8H,5-6H2,1H3. The van der Waals surface area contributed by atoms with E-state index in [0.29, 0.717) is 22.4 Å². The Morgan fingerprint density at radius 3 is 2.70 bits per heavy atom. The zero-order valence-electron chi connectivity index (χ0n) is 10.6. The van der Waals surface area contributed by atoms with Crippen molar-refractivity contribution in [2.75, 3.05) is 0 Å². The highest BCUT2D eigenvalue weighted by Crippen LogP contribution is 2.28. The van der Waals surface area contributed by atoms with Gasteiger partial charge in [0.2, 0.25) is 0 Å². The Kier molecular flexibility index (Phi) is 3.91. The highest BCUT2D eigenvalue weighted by Gasteiger charge is 2.28. The van der Waals surface area contributed by atoms with Gasteiger partial charge in [-0.15, -0.1) is 11.6 Å². The number of para-hydroxylation sites is 1. The van der Waals surface area contributed by atoms with Crippen LogP contribution in [0, 0.1) is 11.3 Å². The molecule has 3 nitrogen and oxygen atoms in total. The molecule has 1 aromatic heterocycles. The summed E-state index contributed by atoms with van der Waals surface area (Å²) in [5.41, 5.74) is 1.21. The maximum atomic E-state index is 12.4. The van der Waals surface area contributed by atoms with Gasteiger partial charge in [0.25, 0.3) is 0 Å². The third kappa shape index (κ3) is 2.88. The molecule has 2 rings (SSSR count). The number of hydrogen-bond acceptors (Lipinski definition) is 2. The molecule has 0 saturated heterocycles. The van der Waals surface area contributed by atoms with Crippen molar-refractivity contribution in [3.63, 3.8) is 0 Å². The molecule has 1 unspecified atom stereocenters. The summed E-state index contributed by atoms with van der Waals surface area (Å²) in [7, 11) is 0. The molecule has 2 aromatic rings. The first-order valence-corrected chi connectivity index (χ1v) is 6.37. The molecule has 0 aliphatic carbocycles. The SMILES string of the molecule is CC(Cl)c1nc2c(C#N)cccc2n1CCC(F)(F)F. The van der Waals surface area contributed by atoms with Crippen molar-refractivity contribution in [3.8, 4) is 6.07 Å². The average molecular weight is 302 g/mol. The summed E-state index contributed by atoms with van der Waals surface area (Å²) in [6.07, 6.45) is -5.22. The molecule has 20 heavy (non-hydrogen) atoms. The second kappa shape index (κ2) is 5.33. The number of alkyl halides is 4. The summed E-state index contributed by atoms with van der Waals surface area (Å²) in [4.78, 5) is 4.22. The topological polar surface area (TPSA) is 41.6 Å². The minimum Gasteiger partial charge on any atom is -0.326 e. The van der Waals surface area contributed by atoms with Crippen LogP contribution in [0.5, 0.6) is 0 Å². The first-order valence-electron chi connectivity index (χ1n) is 5.93. The van der Waals surface area contributed by atoms with E-state index in [2.05, 4.69) is 4.98 Å². The van der Waals surface area contributed by atoms with Crippen molar-refractivity contribution < 1.29 is 13.2 Å². The number of imidazole rings is 1. The minimum absolute atomic E-state index is 0.263. The Bertz CT molecular complexity index is 668. The van der Waals surface area contributed by atoms with Crippen molar-refractivity contribution in [1.82, 2.24) is 9.55 Å². The van der Waals surface area contributed by atoms with Gasteiger partial charge in [0.15, 0.2) is 0 Å². The van der Waals surface area contributed by atoms with Crippen molar-refractivity contribution in [2.24, 2.45) is 0 Å². The number of aryl methyl sites for hydroxylation is 1. The summed E-state index contributed by atoms with van der Waals surface area (Å²) in [6.45, 7) is 1.38. The number of halogens is 4. The largest absolute Gasteiger partial charge is 0.390 e. The number of fused-ring (bicyclic) bond motifs is 1. The van der Waals surface area contributed by atoms with E-state index in [-0.39, 0.29) is 6.54 Å². The fourth-order valence-electron chi connectivity index (χ4n) is 2.03. The van der Waals surface area contributed by atoms with E-state index in [1.54, 1.807) is 25.1 Å². The van der Waals surface area contributed by atoms with E-state index in [0.717, 1.165) is 0 Å². The van der Waals surface area contributed by atoms with Gasteiger partial charge in [0.05, 0.1) is 22.9 Å². The van der Waals surface area contributed by atoms with Gasteiger partial charge in [0, 0.05) is 6.54 Å². The number of rotatable bonds is 3. The molecular weight excluding hydrogens is 291 g/mol. The summed E-state index contributed by atoms with van der Waals surface area (Å²) in [5.74, 6) is 0.341. The van der Waals surface area contributed by atoms with Gasteiger partial charge in [-0.1, -0.05) is 6.07 Å². The van der Waals surface area contributed by atoms with Crippen molar-refractivity contribution in [1.29, 1.82) is 5.26 Å². The van der Waals surface area contributed by atoms with Crippen LogP contribution < -0.4 is 0 Å². The second-order valence-electron chi connectivity index (χ2n) is 4.39. The van der Waals surface area contributed by atoms with Crippen molar-refractivity contribution >= 4 is 22.6 Å². The molecule has 106 valence electrons. The number of aromatic nitrogens is 2. The molecule has 0 saturated carbocycles. The summed E-state index contributed by atoms with van der Waals surface area (Å²) in [6, 6.07) is 6.82. The van der Waals surface area contributed by atoms with E-state index in [1.165, 1.54) is 4.57 Å². The van der Waals surface area contributed by atoms with E-state index in [1.807, 2.05) is 6.07 Å². The van der Waals surface area contributed by atoms with E-state index >= 15 is 0 Å². The molecule has 0 radical (unpaired) electrons. The molecule has 0 aliphatic rings. The molecule has 0 aliphatic heterocycles. The number of benzene rings is 1. The molecule has 7 heteroatoms. The zero-order valence-corrected chi connectivity index (χ0v) is 11.3. The molecule has 0 amide bonds. The van der Waals surface area contributed by atoms with Gasteiger partial charge in [0.1, 0.15) is 17.4 Å². The molecule has 1 heterocycles. The quantitative estimate of drug-likeness (QED) is 0.799. The Hall–Kier alpha value is -1.74. The van der Waals surface area contributed by atoms with E-state index in [9.17, 15) is 13.2 Å². The highest BCUT2D eigenvalue weighted by atomic mass is 35.5. The molecule has 0 fully saturated rings. The fraction of sp³-hybridized carbons (Fsp3) is 0.385. The van der Waals surface area contributed by atoms with Crippen LogP contribution in [-0.2, 0) is 6.54 Å². The van der Waals surface area contributed by atoms with Gasteiger partial charge < -0.3 is 4.57 Å². The van der Waals surface area contributed by atoms with Gasteiger partial charge in [-0.25, -0.2) is 4.98 Å². The van der Waals surface area contributed by atoms with E-state index in [4.69, 9.17) is 16.9 Å². The first-order chi connectivity index (χ1) is 9.33. The van der Waals surface area contributed by atoms with Crippen LogP contribution in [0.4, 0.5) is 13.2 Å². The third-order valence-electron chi connectivity index (χ3n) is 2.90. The minimum atomic E-state index is -4.25. The van der Waals surface area contributed by atoms with Crippen LogP contribution in [-0.4, -0.2) is 15.7 Å². The van der Waals surface area contributed by atoms with Crippen LogP contribution >= 0.6 is 11.6 Å². The Balaban J connectivity index is 2.56. The van der Waals surface area contributed by atoms with Gasteiger partial charge in [-0.2, -0.15) is 18.4 Å². The van der Waals surface area contributed by atoms with Crippen LogP contribution in [0.2, 0.25) is 0 Å². The summed E-state index contributed by atoms with van der Waals surface area (Å²) < 4.78 is 38.7. The third-order valence-corrected chi connectivity index (χ3v) is 3.10. The lowest BCUT2D eigenvalue weighted by atomic mass is 10.2. The maximum absolute atomic E-state index is 12.4. The highest BCUT2D eigenvalue weighted by molar-refractivity contribution is 6.20. The summed E-state index contributed by atoms with van der Waals surface area (Å²) >= 11 is 5.98. The number of nitriles is 1. The van der Waals surface area contributed by atoms with Crippen molar-refractivity contribution in [2.45, 2.75) is 31.4 Å². The Morgan fingerprint density at radius 2 is 2.15 bits per heavy atom. The van der Waals surface area contributed by atoms with Crippen LogP contribution in [0.25, 0.3) is 11.0 Å². The molecule has 1 aromatic carbocycles. The van der Waals surface area contributed by atoms with E-state index < -0.39 is 18.0 Å². The smallest absolute Gasteiger partial charge is 0.326 e. The molecule has 0 N–H and O–H groups in total. The average Bonchev–Trinajstić information content (AvgIpc) is 2.74. The predicted molar refractivity (Wildman–Crippen MR) is 69.4 cm³/mol. The lowest BCUT2D eigenvalue weighted by molar-refractivity contribution is -0.136. The molecular formula is C13H11ClF3N3. The van der Waals surface area contributed by atoms with Crippen LogP contribution in [0.1, 0.15) is 30.1 Å². The fourth-order valence-corrected chi connectivity index (χ4v) is 2.20. The first kappa shape index (κ1) is 14.7. The number of hydrogen-bond donors (Lipinski definition) is 0.